The predicted molar refractivity (Wildman–Crippen MR) is 93.5 cm³/mol. The van der Waals surface area contributed by atoms with Gasteiger partial charge in [0.1, 0.15) is 5.75 Å². The zero-order valence-electron chi connectivity index (χ0n) is 14.4. The standard InChI is InChI=1S/C21H28O2/c1-3-11-21-12-10-17-16-7-5-15(23-2)13-14(16)4-6-18(17)19(21)8-9-20(21)22/h5,7,13,19-20,22H,3-4,6,8-12H2,1-2H3/t19-,20-,21-/m0/s1. The molecule has 0 amide bonds. The molecule has 1 fully saturated rings. The van der Waals surface area contributed by atoms with Gasteiger partial charge in [0.15, 0.2) is 0 Å². The first-order chi connectivity index (χ1) is 11.2. The van der Waals surface area contributed by atoms with Crippen LogP contribution in [0.3, 0.4) is 0 Å². The van der Waals surface area contributed by atoms with Crippen molar-refractivity contribution in [3.05, 3.63) is 34.9 Å². The minimum atomic E-state index is -0.0845. The van der Waals surface area contributed by atoms with Gasteiger partial charge in [0.2, 0.25) is 0 Å². The fourth-order valence-corrected chi connectivity index (χ4v) is 5.75. The zero-order valence-corrected chi connectivity index (χ0v) is 14.4. The van der Waals surface area contributed by atoms with Gasteiger partial charge in [0, 0.05) is 5.41 Å². The smallest absolute Gasteiger partial charge is 0.119 e. The Morgan fingerprint density at radius 1 is 1.22 bits per heavy atom. The summed E-state index contributed by atoms with van der Waals surface area (Å²) < 4.78 is 5.40. The first kappa shape index (κ1) is 15.3. The van der Waals surface area contributed by atoms with E-state index in [1.165, 1.54) is 36.8 Å². The van der Waals surface area contributed by atoms with E-state index < -0.39 is 0 Å². The second-order valence-corrected chi connectivity index (χ2v) is 7.66. The van der Waals surface area contributed by atoms with E-state index in [9.17, 15) is 5.11 Å². The van der Waals surface area contributed by atoms with Crippen LogP contribution in [-0.4, -0.2) is 18.3 Å². The molecule has 124 valence electrons. The molecule has 23 heavy (non-hydrogen) atoms. The quantitative estimate of drug-likeness (QED) is 0.873. The van der Waals surface area contributed by atoms with Crippen molar-refractivity contribution >= 4 is 5.57 Å². The van der Waals surface area contributed by atoms with Crippen LogP contribution in [0.25, 0.3) is 5.57 Å². The summed E-state index contributed by atoms with van der Waals surface area (Å²) in [6.45, 7) is 2.27. The van der Waals surface area contributed by atoms with Gasteiger partial charge in [0.05, 0.1) is 13.2 Å². The number of aryl methyl sites for hydroxylation is 1. The largest absolute Gasteiger partial charge is 0.497 e. The molecule has 1 N–H and O–H groups in total. The molecule has 1 saturated carbocycles. The SMILES string of the molecule is CCC[C@]12CCC3=C(CCc4cc(OC)ccc43)[C@@H]1CC[C@@H]2O. The van der Waals surface area contributed by atoms with E-state index in [2.05, 4.69) is 25.1 Å². The summed E-state index contributed by atoms with van der Waals surface area (Å²) in [7, 11) is 1.74. The van der Waals surface area contributed by atoms with Crippen molar-refractivity contribution in [1.82, 2.24) is 0 Å². The van der Waals surface area contributed by atoms with Crippen LogP contribution < -0.4 is 4.74 Å². The summed E-state index contributed by atoms with van der Waals surface area (Å²) in [6.07, 6.45) is 9.08. The number of ether oxygens (including phenoxy) is 1. The lowest BCUT2D eigenvalue weighted by molar-refractivity contribution is 0.0148. The molecule has 0 bridgehead atoms. The number of fused-ring (bicyclic) bond motifs is 4. The number of methoxy groups -OCH3 is 1. The fraction of sp³-hybridized carbons (Fsp3) is 0.619. The molecular weight excluding hydrogens is 284 g/mol. The Balaban J connectivity index is 1.77. The molecule has 3 aliphatic rings. The van der Waals surface area contributed by atoms with Crippen LogP contribution in [0.4, 0.5) is 0 Å². The number of allylic oxidation sites excluding steroid dienone is 2. The molecule has 0 radical (unpaired) electrons. The number of hydrogen-bond acceptors (Lipinski definition) is 2. The van der Waals surface area contributed by atoms with E-state index in [-0.39, 0.29) is 11.5 Å². The molecular formula is C21H28O2. The van der Waals surface area contributed by atoms with Crippen molar-refractivity contribution in [2.75, 3.05) is 7.11 Å². The third-order valence-corrected chi connectivity index (χ3v) is 6.75. The normalized spacial score (nSPS) is 32.3. The summed E-state index contributed by atoms with van der Waals surface area (Å²) in [5, 5.41) is 10.7. The van der Waals surface area contributed by atoms with Crippen LogP contribution in [0.5, 0.6) is 5.75 Å². The first-order valence-corrected chi connectivity index (χ1v) is 9.27. The summed E-state index contributed by atoms with van der Waals surface area (Å²) in [4.78, 5) is 0. The molecule has 2 heteroatoms. The van der Waals surface area contributed by atoms with E-state index >= 15 is 0 Å². The molecule has 0 spiro atoms. The molecule has 3 atom stereocenters. The minimum Gasteiger partial charge on any atom is -0.497 e. The van der Waals surface area contributed by atoms with Crippen molar-refractivity contribution in [3.63, 3.8) is 0 Å². The van der Waals surface area contributed by atoms with Crippen LogP contribution in [0, 0.1) is 11.3 Å². The number of rotatable bonds is 3. The molecule has 0 heterocycles. The number of aliphatic hydroxyl groups is 1. The van der Waals surface area contributed by atoms with E-state index in [4.69, 9.17) is 4.74 Å². The van der Waals surface area contributed by atoms with E-state index in [0.29, 0.717) is 5.92 Å². The average molecular weight is 312 g/mol. The number of aliphatic hydroxyl groups excluding tert-OH is 1. The van der Waals surface area contributed by atoms with Crippen molar-refractivity contribution in [1.29, 1.82) is 0 Å². The molecule has 1 aromatic rings. The Labute approximate surface area is 139 Å². The van der Waals surface area contributed by atoms with Crippen molar-refractivity contribution in [2.45, 2.75) is 64.4 Å². The Hall–Kier alpha value is -1.28. The van der Waals surface area contributed by atoms with Crippen LogP contribution in [0.1, 0.15) is 63.0 Å². The predicted octanol–water partition coefficient (Wildman–Crippen LogP) is 4.75. The van der Waals surface area contributed by atoms with Crippen LogP contribution >= 0.6 is 0 Å². The summed E-state index contributed by atoms with van der Waals surface area (Å²) in [6, 6.07) is 6.59. The maximum absolute atomic E-state index is 10.7. The van der Waals surface area contributed by atoms with E-state index in [1.807, 2.05) is 0 Å². The average Bonchev–Trinajstić information content (AvgIpc) is 2.91. The lowest BCUT2D eigenvalue weighted by Gasteiger charge is -2.46. The molecule has 2 nitrogen and oxygen atoms in total. The molecule has 0 unspecified atom stereocenters. The Bertz CT molecular complexity index is 645. The van der Waals surface area contributed by atoms with Gasteiger partial charge in [-0.2, -0.15) is 0 Å². The molecule has 3 aliphatic carbocycles. The summed E-state index contributed by atoms with van der Waals surface area (Å²) >= 11 is 0. The maximum Gasteiger partial charge on any atom is 0.119 e. The van der Waals surface area contributed by atoms with Crippen molar-refractivity contribution in [2.24, 2.45) is 11.3 Å². The van der Waals surface area contributed by atoms with Crippen LogP contribution in [0.2, 0.25) is 0 Å². The molecule has 0 saturated heterocycles. The third kappa shape index (κ3) is 2.18. The Morgan fingerprint density at radius 2 is 2.09 bits per heavy atom. The minimum absolute atomic E-state index is 0.0845. The van der Waals surface area contributed by atoms with Gasteiger partial charge in [-0.1, -0.05) is 25.0 Å². The van der Waals surface area contributed by atoms with Gasteiger partial charge < -0.3 is 9.84 Å². The van der Waals surface area contributed by atoms with Crippen molar-refractivity contribution < 1.29 is 9.84 Å². The van der Waals surface area contributed by atoms with Gasteiger partial charge in [-0.25, -0.2) is 0 Å². The van der Waals surface area contributed by atoms with Gasteiger partial charge in [0.25, 0.3) is 0 Å². The first-order valence-electron chi connectivity index (χ1n) is 9.27. The molecule has 0 aromatic heterocycles. The van der Waals surface area contributed by atoms with Gasteiger partial charge >= 0.3 is 0 Å². The second kappa shape index (κ2) is 5.66. The lowest BCUT2D eigenvalue weighted by atomic mass is 9.60. The second-order valence-electron chi connectivity index (χ2n) is 7.66. The van der Waals surface area contributed by atoms with E-state index in [0.717, 1.165) is 31.4 Å². The topological polar surface area (TPSA) is 29.5 Å². The third-order valence-electron chi connectivity index (χ3n) is 6.75. The van der Waals surface area contributed by atoms with Crippen LogP contribution in [0.15, 0.2) is 23.8 Å². The van der Waals surface area contributed by atoms with Crippen molar-refractivity contribution in [3.8, 4) is 5.75 Å². The lowest BCUT2D eigenvalue weighted by Crippen LogP contribution is -2.39. The highest BCUT2D eigenvalue weighted by molar-refractivity contribution is 5.75. The fourth-order valence-electron chi connectivity index (χ4n) is 5.75. The highest BCUT2D eigenvalue weighted by Crippen LogP contribution is 2.60. The summed E-state index contributed by atoms with van der Waals surface area (Å²) in [5.74, 6) is 1.59. The Kier molecular flexibility index (Phi) is 3.76. The van der Waals surface area contributed by atoms with Gasteiger partial charge in [-0.15, -0.1) is 0 Å². The number of hydrogen-bond donors (Lipinski definition) is 1. The van der Waals surface area contributed by atoms with Gasteiger partial charge in [-0.3, -0.25) is 0 Å². The highest BCUT2D eigenvalue weighted by atomic mass is 16.5. The van der Waals surface area contributed by atoms with Crippen LogP contribution in [-0.2, 0) is 6.42 Å². The molecule has 4 rings (SSSR count). The molecule has 1 aromatic carbocycles. The summed E-state index contributed by atoms with van der Waals surface area (Å²) in [5.41, 5.74) is 6.36. The highest BCUT2D eigenvalue weighted by Gasteiger charge is 2.52. The molecule has 0 aliphatic heterocycles. The zero-order chi connectivity index (χ0) is 16.0. The number of benzene rings is 1. The van der Waals surface area contributed by atoms with E-state index in [1.54, 1.807) is 18.3 Å². The Morgan fingerprint density at radius 3 is 2.87 bits per heavy atom. The maximum atomic E-state index is 10.7. The monoisotopic (exact) mass is 312 g/mol. The van der Waals surface area contributed by atoms with Gasteiger partial charge in [-0.05, 0) is 79.7 Å².